The van der Waals surface area contributed by atoms with Crippen molar-refractivity contribution in [1.82, 2.24) is 0 Å². The summed E-state index contributed by atoms with van der Waals surface area (Å²) in [6.45, 7) is 2.49. The van der Waals surface area contributed by atoms with Crippen molar-refractivity contribution < 1.29 is 9.15 Å². The van der Waals surface area contributed by atoms with E-state index in [4.69, 9.17) is 9.15 Å². The van der Waals surface area contributed by atoms with Crippen LogP contribution in [0, 0.1) is 0 Å². The molecule has 0 N–H and O–H groups in total. The lowest BCUT2D eigenvalue weighted by Gasteiger charge is -2.05. The Morgan fingerprint density at radius 2 is 1.90 bits per heavy atom. The quantitative estimate of drug-likeness (QED) is 0.695. The van der Waals surface area contributed by atoms with Gasteiger partial charge in [-0.15, -0.1) is 0 Å². The van der Waals surface area contributed by atoms with Gasteiger partial charge in [0.15, 0.2) is 5.43 Å². The Hall–Kier alpha value is -2.07. The highest BCUT2D eigenvalue weighted by atomic mass is 79.9. The molecular weight excluding hydrogens is 332 g/mol. The Labute approximate surface area is 130 Å². The average molecular weight is 345 g/mol. The number of ether oxygens (including phenoxy) is 1. The molecule has 0 aliphatic heterocycles. The molecule has 0 saturated heterocycles. The number of hydrogen-bond donors (Lipinski definition) is 0. The lowest BCUT2D eigenvalue weighted by Crippen LogP contribution is -2.04. The molecule has 0 amide bonds. The van der Waals surface area contributed by atoms with Gasteiger partial charge in [-0.05, 0) is 36.8 Å². The van der Waals surface area contributed by atoms with Crippen molar-refractivity contribution in [3.05, 3.63) is 63.4 Å². The number of halogens is 1. The topological polar surface area (TPSA) is 39.4 Å². The molecule has 0 aliphatic carbocycles. The molecule has 0 aliphatic rings. The monoisotopic (exact) mass is 344 g/mol. The van der Waals surface area contributed by atoms with E-state index in [-0.39, 0.29) is 5.43 Å². The number of benzene rings is 2. The highest BCUT2D eigenvalue weighted by molar-refractivity contribution is 9.10. The zero-order valence-corrected chi connectivity index (χ0v) is 13.0. The molecule has 3 aromatic rings. The van der Waals surface area contributed by atoms with E-state index in [9.17, 15) is 4.79 Å². The van der Waals surface area contributed by atoms with Gasteiger partial charge in [0, 0.05) is 10.5 Å². The van der Waals surface area contributed by atoms with Crippen LogP contribution in [-0.2, 0) is 0 Å². The van der Waals surface area contributed by atoms with E-state index in [1.807, 2.05) is 31.2 Å². The minimum absolute atomic E-state index is 0.0402. The summed E-state index contributed by atoms with van der Waals surface area (Å²) in [5.74, 6) is 0.699. The SMILES string of the molecule is CCOc1ccc2c(=O)c(-c3ccc(Br)cc3)coc2c1. The predicted octanol–water partition coefficient (Wildman–Crippen LogP) is 4.62. The molecule has 0 fully saturated rings. The summed E-state index contributed by atoms with van der Waals surface area (Å²) in [6.07, 6.45) is 1.50. The molecule has 0 unspecified atom stereocenters. The lowest BCUT2D eigenvalue weighted by molar-refractivity contribution is 0.340. The zero-order valence-electron chi connectivity index (χ0n) is 11.4. The first-order valence-electron chi connectivity index (χ1n) is 6.63. The Balaban J connectivity index is 2.14. The molecular formula is C17H13BrO3. The Kier molecular flexibility index (Phi) is 3.80. The normalized spacial score (nSPS) is 10.8. The second-order valence-corrected chi connectivity index (χ2v) is 5.49. The van der Waals surface area contributed by atoms with Crippen LogP contribution in [-0.4, -0.2) is 6.61 Å². The van der Waals surface area contributed by atoms with E-state index >= 15 is 0 Å². The highest BCUT2D eigenvalue weighted by Crippen LogP contribution is 2.24. The van der Waals surface area contributed by atoms with Crippen molar-refractivity contribution in [3.8, 4) is 16.9 Å². The van der Waals surface area contributed by atoms with E-state index in [1.165, 1.54) is 6.26 Å². The summed E-state index contributed by atoms with van der Waals surface area (Å²) < 4.78 is 12.0. The first-order chi connectivity index (χ1) is 10.2. The molecule has 1 heterocycles. The standard InChI is InChI=1S/C17H13BrO3/c1-2-20-13-7-8-14-16(9-13)21-10-15(17(14)19)11-3-5-12(18)6-4-11/h3-10H,2H2,1H3. The van der Waals surface area contributed by atoms with E-state index in [0.717, 1.165) is 10.0 Å². The fourth-order valence-electron chi connectivity index (χ4n) is 2.19. The molecule has 0 spiro atoms. The van der Waals surface area contributed by atoms with Crippen molar-refractivity contribution in [3.63, 3.8) is 0 Å². The molecule has 4 heteroatoms. The summed E-state index contributed by atoms with van der Waals surface area (Å²) in [7, 11) is 0. The second-order valence-electron chi connectivity index (χ2n) is 4.58. The molecule has 106 valence electrons. The van der Waals surface area contributed by atoms with Crippen molar-refractivity contribution >= 4 is 26.9 Å². The van der Waals surface area contributed by atoms with E-state index in [2.05, 4.69) is 15.9 Å². The Bertz CT molecular complexity index is 835. The lowest BCUT2D eigenvalue weighted by atomic mass is 10.1. The van der Waals surface area contributed by atoms with Crippen LogP contribution in [0.25, 0.3) is 22.1 Å². The molecule has 21 heavy (non-hydrogen) atoms. The van der Waals surface area contributed by atoms with Gasteiger partial charge in [0.2, 0.25) is 0 Å². The van der Waals surface area contributed by atoms with Crippen LogP contribution in [0.15, 0.2) is 62.4 Å². The number of rotatable bonds is 3. The summed E-state index contributed by atoms with van der Waals surface area (Å²) >= 11 is 3.38. The molecule has 3 nitrogen and oxygen atoms in total. The van der Waals surface area contributed by atoms with Crippen molar-refractivity contribution in [1.29, 1.82) is 0 Å². The van der Waals surface area contributed by atoms with Crippen LogP contribution in [0.4, 0.5) is 0 Å². The summed E-state index contributed by atoms with van der Waals surface area (Å²) in [5.41, 5.74) is 1.88. The first kappa shape index (κ1) is 13.9. The molecule has 1 aromatic heterocycles. The maximum absolute atomic E-state index is 12.6. The Morgan fingerprint density at radius 3 is 2.62 bits per heavy atom. The van der Waals surface area contributed by atoms with Crippen LogP contribution in [0.1, 0.15) is 6.92 Å². The van der Waals surface area contributed by atoms with E-state index in [0.29, 0.717) is 28.9 Å². The fraction of sp³-hybridized carbons (Fsp3) is 0.118. The van der Waals surface area contributed by atoms with Crippen molar-refractivity contribution in [2.24, 2.45) is 0 Å². The van der Waals surface area contributed by atoms with Crippen LogP contribution in [0.5, 0.6) is 5.75 Å². The third-order valence-electron chi connectivity index (χ3n) is 3.21. The molecule has 0 atom stereocenters. The van der Waals surface area contributed by atoms with E-state index in [1.54, 1.807) is 18.2 Å². The van der Waals surface area contributed by atoms with Gasteiger partial charge in [0.1, 0.15) is 17.6 Å². The third-order valence-corrected chi connectivity index (χ3v) is 3.74. The van der Waals surface area contributed by atoms with Crippen molar-refractivity contribution in [2.45, 2.75) is 6.92 Å². The minimum Gasteiger partial charge on any atom is -0.494 e. The number of hydrogen-bond acceptors (Lipinski definition) is 3. The van der Waals surface area contributed by atoms with Crippen LogP contribution in [0.2, 0.25) is 0 Å². The maximum atomic E-state index is 12.6. The van der Waals surface area contributed by atoms with Crippen molar-refractivity contribution in [2.75, 3.05) is 6.61 Å². The average Bonchev–Trinajstić information content (AvgIpc) is 2.49. The summed E-state index contributed by atoms with van der Waals surface area (Å²) in [4.78, 5) is 12.6. The minimum atomic E-state index is -0.0402. The molecule has 0 bridgehead atoms. The summed E-state index contributed by atoms with van der Waals surface area (Å²) in [6, 6.07) is 12.8. The highest BCUT2D eigenvalue weighted by Gasteiger charge is 2.09. The molecule has 2 aromatic carbocycles. The maximum Gasteiger partial charge on any atom is 0.200 e. The van der Waals surface area contributed by atoms with Crippen LogP contribution < -0.4 is 10.2 Å². The third kappa shape index (κ3) is 2.72. The van der Waals surface area contributed by atoms with Gasteiger partial charge in [0.25, 0.3) is 0 Å². The fourth-order valence-corrected chi connectivity index (χ4v) is 2.46. The van der Waals surface area contributed by atoms with Gasteiger partial charge < -0.3 is 9.15 Å². The van der Waals surface area contributed by atoms with Gasteiger partial charge in [-0.25, -0.2) is 0 Å². The molecule has 0 saturated carbocycles. The second kappa shape index (κ2) is 5.74. The summed E-state index contributed by atoms with van der Waals surface area (Å²) in [5, 5.41) is 0.555. The smallest absolute Gasteiger partial charge is 0.200 e. The van der Waals surface area contributed by atoms with Crippen LogP contribution in [0.3, 0.4) is 0 Å². The van der Waals surface area contributed by atoms with Gasteiger partial charge in [0.05, 0.1) is 17.6 Å². The van der Waals surface area contributed by atoms with Gasteiger partial charge in [-0.3, -0.25) is 4.79 Å². The van der Waals surface area contributed by atoms with Crippen LogP contribution >= 0.6 is 15.9 Å². The first-order valence-corrected chi connectivity index (χ1v) is 7.42. The number of fused-ring (bicyclic) bond motifs is 1. The zero-order chi connectivity index (χ0) is 14.8. The van der Waals surface area contributed by atoms with E-state index < -0.39 is 0 Å². The predicted molar refractivity (Wildman–Crippen MR) is 86.8 cm³/mol. The van der Waals surface area contributed by atoms with Gasteiger partial charge >= 0.3 is 0 Å². The molecule has 0 radical (unpaired) electrons. The largest absolute Gasteiger partial charge is 0.494 e. The van der Waals surface area contributed by atoms with Gasteiger partial charge in [-0.1, -0.05) is 28.1 Å². The van der Waals surface area contributed by atoms with Gasteiger partial charge in [-0.2, -0.15) is 0 Å². The Morgan fingerprint density at radius 1 is 1.14 bits per heavy atom. The molecule has 3 rings (SSSR count).